The molecule has 0 atom stereocenters. The Hall–Kier alpha value is -0.710. The Kier molecular flexibility index (Phi) is 5.17. The minimum Gasteiger partial charge on any atom is -0.493 e. The molecule has 0 heterocycles. The van der Waals surface area contributed by atoms with Crippen LogP contribution in [0.2, 0.25) is 0 Å². The lowest BCUT2D eigenvalue weighted by Gasteiger charge is -2.17. The zero-order valence-electron chi connectivity index (χ0n) is 10.8. The molecule has 0 amide bonds. The molecule has 1 aromatic rings. The van der Waals surface area contributed by atoms with E-state index in [1.807, 2.05) is 13.8 Å². The van der Waals surface area contributed by atoms with Gasteiger partial charge in [-0.3, -0.25) is 0 Å². The van der Waals surface area contributed by atoms with Gasteiger partial charge in [0.1, 0.15) is 0 Å². The van der Waals surface area contributed by atoms with E-state index in [0.29, 0.717) is 5.56 Å². The molecule has 0 aliphatic heterocycles. The van der Waals surface area contributed by atoms with E-state index in [1.165, 1.54) is 13.2 Å². The molecule has 1 aromatic carbocycles. The van der Waals surface area contributed by atoms with Gasteiger partial charge in [-0.2, -0.15) is 21.6 Å². The monoisotopic (exact) mass is 424 g/mol. The van der Waals surface area contributed by atoms with Gasteiger partial charge < -0.3 is 8.92 Å². The van der Waals surface area contributed by atoms with Gasteiger partial charge in [0.05, 0.1) is 10.7 Å². The molecule has 0 aromatic heterocycles. The van der Waals surface area contributed by atoms with Crippen molar-refractivity contribution < 1.29 is 30.5 Å². The van der Waals surface area contributed by atoms with Crippen LogP contribution in [0.4, 0.5) is 13.2 Å². The molecule has 0 fully saturated rings. The highest BCUT2D eigenvalue weighted by Gasteiger charge is 2.49. The van der Waals surface area contributed by atoms with Crippen molar-refractivity contribution >= 4 is 32.7 Å². The summed E-state index contributed by atoms with van der Waals surface area (Å²) in [5.41, 5.74) is -4.83. The maximum Gasteiger partial charge on any atom is 0.534 e. The second-order valence-electron chi connectivity index (χ2n) is 4.14. The largest absolute Gasteiger partial charge is 0.534 e. The number of ether oxygens (including phenoxy) is 1. The van der Waals surface area contributed by atoms with Crippen LogP contribution in [0.5, 0.6) is 11.5 Å². The first-order valence-corrected chi connectivity index (χ1v) is 7.87. The number of alkyl halides is 3. The van der Waals surface area contributed by atoms with E-state index >= 15 is 0 Å². The summed E-state index contributed by atoms with van der Waals surface area (Å²) in [7, 11) is -4.52. The Balaban J connectivity index is 3.40. The minimum absolute atomic E-state index is 0.0104. The zero-order chi connectivity index (χ0) is 15.7. The van der Waals surface area contributed by atoms with E-state index < -0.39 is 21.4 Å². The van der Waals surface area contributed by atoms with Crippen LogP contribution in [-0.2, 0) is 10.1 Å². The van der Waals surface area contributed by atoms with E-state index in [0.717, 1.165) is 0 Å². The van der Waals surface area contributed by atoms with Crippen molar-refractivity contribution in [2.24, 2.45) is 0 Å². The highest BCUT2D eigenvalue weighted by Crippen LogP contribution is 2.40. The Morgan fingerprint density at radius 3 is 2.20 bits per heavy atom. The van der Waals surface area contributed by atoms with Gasteiger partial charge in [0, 0.05) is 0 Å². The van der Waals surface area contributed by atoms with Gasteiger partial charge in [0.15, 0.2) is 11.5 Å². The number of benzene rings is 1. The molecular formula is C11H12F3IO4S. The number of hydrogen-bond donors (Lipinski definition) is 0. The quantitative estimate of drug-likeness (QED) is 0.421. The second kappa shape index (κ2) is 5.96. The average Bonchev–Trinajstić information content (AvgIpc) is 2.29. The second-order valence-corrected chi connectivity index (χ2v) is 6.75. The first kappa shape index (κ1) is 17.3. The van der Waals surface area contributed by atoms with Crippen molar-refractivity contribution in [3.63, 3.8) is 0 Å². The summed E-state index contributed by atoms with van der Waals surface area (Å²) in [6.45, 7) is 3.65. The van der Waals surface area contributed by atoms with Crippen molar-refractivity contribution in [2.45, 2.75) is 25.3 Å². The fourth-order valence-electron chi connectivity index (χ4n) is 1.39. The summed E-state index contributed by atoms with van der Waals surface area (Å²) < 4.78 is 68.8. The van der Waals surface area contributed by atoms with Gasteiger partial charge in [-0.1, -0.05) is 19.9 Å². The molecule has 0 bridgehead atoms. The van der Waals surface area contributed by atoms with Crippen LogP contribution in [0.3, 0.4) is 0 Å². The molecule has 0 unspecified atom stereocenters. The van der Waals surface area contributed by atoms with Crippen LogP contribution < -0.4 is 8.92 Å². The molecule has 0 N–H and O–H groups in total. The molecule has 0 aliphatic carbocycles. The normalized spacial score (nSPS) is 12.6. The lowest BCUT2D eigenvalue weighted by atomic mass is 10.0. The highest BCUT2D eigenvalue weighted by atomic mass is 127. The SMILES string of the molecule is COc1ccc(C(C)C)c(I)c1OS(=O)(=O)C(F)(F)F. The number of halogens is 4. The van der Waals surface area contributed by atoms with Crippen LogP contribution in [0.1, 0.15) is 25.3 Å². The van der Waals surface area contributed by atoms with Gasteiger partial charge in [-0.05, 0) is 40.1 Å². The molecule has 20 heavy (non-hydrogen) atoms. The third-order valence-electron chi connectivity index (χ3n) is 2.41. The maximum absolute atomic E-state index is 12.4. The van der Waals surface area contributed by atoms with Gasteiger partial charge in [-0.15, -0.1) is 0 Å². The lowest BCUT2D eigenvalue weighted by Crippen LogP contribution is -2.28. The molecule has 4 nitrogen and oxygen atoms in total. The van der Waals surface area contributed by atoms with Crippen molar-refractivity contribution in [1.29, 1.82) is 0 Å². The summed E-state index contributed by atoms with van der Waals surface area (Å²) in [6, 6.07) is 3.02. The third-order valence-corrected chi connectivity index (χ3v) is 4.48. The van der Waals surface area contributed by atoms with Crippen LogP contribution >= 0.6 is 22.6 Å². The highest BCUT2D eigenvalue weighted by molar-refractivity contribution is 14.1. The summed E-state index contributed by atoms with van der Waals surface area (Å²) in [5.74, 6) is -0.535. The molecule has 114 valence electrons. The van der Waals surface area contributed by atoms with Crippen molar-refractivity contribution in [1.82, 2.24) is 0 Å². The molecule has 0 aliphatic rings. The predicted octanol–water partition coefficient (Wildman–Crippen LogP) is 3.65. The summed E-state index contributed by atoms with van der Waals surface area (Å²) >= 11 is 1.74. The zero-order valence-corrected chi connectivity index (χ0v) is 13.8. The topological polar surface area (TPSA) is 52.6 Å². The average molecular weight is 424 g/mol. The van der Waals surface area contributed by atoms with Crippen LogP contribution in [0, 0.1) is 3.57 Å². The Bertz CT molecular complexity index is 596. The van der Waals surface area contributed by atoms with E-state index in [1.54, 1.807) is 28.7 Å². The van der Waals surface area contributed by atoms with Crippen LogP contribution in [-0.4, -0.2) is 21.0 Å². The van der Waals surface area contributed by atoms with Gasteiger partial charge in [-0.25, -0.2) is 0 Å². The van der Waals surface area contributed by atoms with Crippen molar-refractivity contribution in [3.05, 3.63) is 21.3 Å². The van der Waals surface area contributed by atoms with E-state index in [9.17, 15) is 21.6 Å². The van der Waals surface area contributed by atoms with Gasteiger partial charge in [0.25, 0.3) is 0 Å². The molecule has 0 saturated carbocycles. The number of hydrogen-bond acceptors (Lipinski definition) is 4. The van der Waals surface area contributed by atoms with Crippen LogP contribution in [0.15, 0.2) is 12.1 Å². The van der Waals surface area contributed by atoms with E-state index in [-0.39, 0.29) is 15.2 Å². The molecule has 0 saturated heterocycles. The molecule has 0 spiro atoms. The fourth-order valence-corrected chi connectivity index (χ4v) is 3.20. The van der Waals surface area contributed by atoms with Crippen molar-refractivity contribution in [2.75, 3.05) is 7.11 Å². The van der Waals surface area contributed by atoms with Crippen LogP contribution in [0.25, 0.3) is 0 Å². The Labute approximate surface area is 128 Å². The summed E-state index contributed by atoms with van der Waals surface area (Å²) in [4.78, 5) is 0. The lowest BCUT2D eigenvalue weighted by molar-refractivity contribution is -0.0500. The summed E-state index contributed by atoms with van der Waals surface area (Å²) in [6.07, 6.45) is 0. The van der Waals surface area contributed by atoms with Gasteiger partial charge >= 0.3 is 15.6 Å². The fraction of sp³-hybridized carbons (Fsp3) is 0.455. The Morgan fingerprint density at radius 1 is 1.25 bits per heavy atom. The summed E-state index contributed by atoms with van der Waals surface area (Å²) in [5, 5.41) is 0. The van der Waals surface area contributed by atoms with E-state index in [4.69, 9.17) is 4.74 Å². The first-order valence-electron chi connectivity index (χ1n) is 5.38. The standard InChI is InChI=1S/C11H12F3IO4S/c1-6(2)7-4-5-8(18-3)10(9(7)15)19-20(16,17)11(12,13)14/h4-6H,1-3H3. The van der Waals surface area contributed by atoms with E-state index in [2.05, 4.69) is 4.18 Å². The predicted molar refractivity (Wildman–Crippen MR) is 75.4 cm³/mol. The molecule has 9 heteroatoms. The van der Waals surface area contributed by atoms with Gasteiger partial charge in [0.2, 0.25) is 0 Å². The first-order chi connectivity index (χ1) is 9.01. The number of methoxy groups -OCH3 is 1. The Morgan fingerprint density at radius 2 is 1.80 bits per heavy atom. The maximum atomic E-state index is 12.4. The minimum atomic E-state index is -5.73. The molecule has 0 radical (unpaired) electrons. The smallest absolute Gasteiger partial charge is 0.493 e. The molecule has 1 rings (SSSR count). The molecular weight excluding hydrogens is 412 g/mol. The number of rotatable bonds is 4. The van der Waals surface area contributed by atoms with Crippen molar-refractivity contribution in [3.8, 4) is 11.5 Å². The third kappa shape index (κ3) is 3.48.